The lowest BCUT2D eigenvalue weighted by Crippen LogP contribution is -2.30. The number of rotatable bonds is 8. The molecule has 0 aromatic carbocycles. The Bertz CT molecular complexity index is 312. The van der Waals surface area contributed by atoms with Crippen molar-refractivity contribution in [2.45, 2.75) is 26.4 Å². The molecule has 0 saturated heterocycles. The van der Waals surface area contributed by atoms with Crippen LogP contribution in [0.2, 0.25) is 0 Å². The summed E-state index contributed by atoms with van der Waals surface area (Å²) in [5.41, 5.74) is 1.17. The summed E-state index contributed by atoms with van der Waals surface area (Å²) in [7, 11) is 1.69. The zero-order chi connectivity index (χ0) is 12.7. The van der Waals surface area contributed by atoms with Crippen molar-refractivity contribution >= 4 is 0 Å². The van der Waals surface area contributed by atoms with Gasteiger partial charge in [0.15, 0.2) is 0 Å². The molecule has 0 saturated carbocycles. The van der Waals surface area contributed by atoms with Crippen molar-refractivity contribution in [3.63, 3.8) is 0 Å². The van der Waals surface area contributed by atoms with Crippen molar-refractivity contribution in [3.05, 3.63) is 18.2 Å². The van der Waals surface area contributed by atoms with Gasteiger partial charge in [0.2, 0.25) is 0 Å². The number of aliphatic hydroxyl groups is 1. The van der Waals surface area contributed by atoms with Gasteiger partial charge in [0.05, 0.1) is 25.2 Å². The molecule has 1 N–H and O–H groups in total. The number of hydrogen-bond acceptors (Lipinski definition) is 4. The molecule has 0 aliphatic rings. The summed E-state index contributed by atoms with van der Waals surface area (Å²) in [6, 6.07) is 0.408. The first kappa shape index (κ1) is 14.2. The van der Waals surface area contributed by atoms with Crippen LogP contribution in [0, 0.1) is 0 Å². The third-order valence-corrected chi connectivity index (χ3v) is 2.72. The molecule has 0 spiro atoms. The number of nitrogens with zero attached hydrogens (tertiary/aromatic N) is 3. The van der Waals surface area contributed by atoms with E-state index in [1.165, 1.54) is 5.69 Å². The van der Waals surface area contributed by atoms with E-state index in [0.29, 0.717) is 19.2 Å². The molecule has 5 nitrogen and oxygen atoms in total. The van der Waals surface area contributed by atoms with Crippen LogP contribution in [0.1, 0.15) is 25.6 Å². The van der Waals surface area contributed by atoms with Gasteiger partial charge in [0.1, 0.15) is 0 Å². The highest BCUT2D eigenvalue weighted by Crippen LogP contribution is 2.11. The number of ether oxygens (including phenoxy) is 1. The summed E-state index contributed by atoms with van der Waals surface area (Å²) in [5, 5.41) is 9.04. The third kappa shape index (κ3) is 4.46. The van der Waals surface area contributed by atoms with Crippen LogP contribution < -0.4 is 0 Å². The zero-order valence-electron chi connectivity index (χ0n) is 11.0. The number of aromatic nitrogens is 2. The summed E-state index contributed by atoms with van der Waals surface area (Å²) >= 11 is 0. The Morgan fingerprint density at radius 3 is 2.82 bits per heavy atom. The van der Waals surface area contributed by atoms with Crippen molar-refractivity contribution in [1.29, 1.82) is 0 Å². The molecule has 5 heteroatoms. The molecular formula is C12H23N3O2. The quantitative estimate of drug-likeness (QED) is 0.735. The second kappa shape index (κ2) is 7.42. The highest BCUT2D eigenvalue weighted by molar-refractivity contribution is 4.99. The van der Waals surface area contributed by atoms with Gasteiger partial charge in [-0.25, -0.2) is 4.98 Å². The summed E-state index contributed by atoms with van der Waals surface area (Å²) in [4.78, 5) is 6.35. The second-order valence-corrected chi connectivity index (χ2v) is 4.38. The molecule has 1 heterocycles. The maximum absolute atomic E-state index is 9.04. The van der Waals surface area contributed by atoms with E-state index >= 15 is 0 Å². The fraction of sp³-hybridized carbons (Fsp3) is 0.750. The fourth-order valence-corrected chi connectivity index (χ4v) is 1.78. The van der Waals surface area contributed by atoms with E-state index in [0.717, 1.165) is 13.1 Å². The van der Waals surface area contributed by atoms with Crippen molar-refractivity contribution in [3.8, 4) is 0 Å². The lowest BCUT2D eigenvalue weighted by Gasteiger charge is -2.22. The lowest BCUT2D eigenvalue weighted by molar-refractivity contribution is 0.125. The average molecular weight is 241 g/mol. The predicted molar refractivity (Wildman–Crippen MR) is 66.9 cm³/mol. The normalized spacial score (nSPS) is 11.6. The maximum Gasteiger partial charge on any atom is 0.0951 e. The molecule has 1 aromatic heterocycles. The molecule has 0 radical (unpaired) electrons. The largest absolute Gasteiger partial charge is 0.395 e. The summed E-state index contributed by atoms with van der Waals surface area (Å²) < 4.78 is 7.22. The molecule has 0 atom stereocenters. The van der Waals surface area contributed by atoms with Gasteiger partial charge in [-0.15, -0.1) is 0 Å². The van der Waals surface area contributed by atoms with Gasteiger partial charge in [0.25, 0.3) is 0 Å². The standard InChI is InChI=1S/C12H23N3O2/c1-11(2)15-10-13-8-12(15)9-14(4-6-16)5-7-17-3/h8,10-11,16H,4-7,9H2,1-3H3. The second-order valence-electron chi connectivity index (χ2n) is 4.38. The smallest absolute Gasteiger partial charge is 0.0951 e. The molecule has 0 bridgehead atoms. The zero-order valence-corrected chi connectivity index (χ0v) is 11.0. The Balaban J connectivity index is 2.61. The van der Waals surface area contributed by atoms with E-state index in [2.05, 4.69) is 28.3 Å². The van der Waals surface area contributed by atoms with E-state index in [9.17, 15) is 0 Å². The molecule has 0 amide bonds. The Labute approximate surface area is 103 Å². The molecule has 1 aromatic rings. The van der Waals surface area contributed by atoms with Crippen LogP contribution in [0.15, 0.2) is 12.5 Å². The predicted octanol–water partition coefficient (Wildman–Crippen LogP) is 0.905. The maximum atomic E-state index is 9.04. The van der Waals surface area contributed by atoms with Gasteiger partial charge in [-0.1, -0.05) is 0 Å². The Kier molecular flexibility index (Phi) is 6.18. The summed E-state index contributed by atoms with van der Waals surface area (Å²) in [5.74, 6) is 0. The first-order chi connectivity index (χ1) is 8.19. The highest BCUT2D eigenvalue weighted by atomic mass is 16.5. The van der Waals surface area contributed by atoms with Gasteiger partial charge in [-0.05, 0) is 13.8 Å². The monoisotopic (exact) mass is 241 g/mol. The molecule has 0 aliphatic heterocycles. The van der Waals surface area contributed by atoms with Crippen LogP contribution in [-0.2, 0) is 11.3 Å². The van der Waals surface area contributed by atoms with Gasteiger partial charge in [-0.2, -0.15) is 0 Å². The summed E-state index contributed by atoms with van der Waals surface area (Å²) in [6.07, 6.45) is 3.74. The van der Waals surface area contributed by atoms with Gasteiger partial charge >= 0.3 is 0 Å². The van der Waals surface area contributed by atoms with E-state index in [1.54, 1.807) is 7.11 Å². The minimum atomic E-state index is 0.166. The molecule has 0 aliphatic carbocycles. The summed E-state index contributed by atoms with van der Waals surface area (Å²) in [6.45, 7) is 7.39. The number of aliphatic hydroxyl groups excluding tert-OH is 1. The van der Waals surface area contributed by atoms with E-state index in [1.807, 2.05) is 12.5 Å². The fourth-order valence-electron chi connectivity index (χ4n) is 1.78. The van der Waals surface area contributed by atoms with Gasteiger partial charge in [0, 0.05) is 39.0 Å². The Morgan fingerprint density at radius 1 is 1.47 bits per heavy atom. The molecule has 1 rings (SSSR count). The number of imidazole rings is 1. The highest BCUT2D eigenvalue weighted by Gasteiger charge is 2.10. The Hall–Kier alpha value is -0.910. The topological polar surface area (TPSA) is 50.5 Å². The van der Waals surface area contributed by atoms with Crippen molar-refractivity contribution in [2.75, 3.05) is 33.4 Å². The van der Waals surface area contributed by atoms with Crippen LogP contribution in [0.3, 0.4) is 0 Å². The minimum Gasteiger partial charge on any atom is -0.395 e. The van der Waals surface area contributed by atoms with Crippen molar-refractivity contribution in [1.82, 2.24) is 14.5 Å². The van der Waals surface area contributed by atoms with Crippen LogP contribution in [0.25, 0.3) is 0 Å². The molecule has 0 fully saturated rings. The van der Waals surface area contributed by atoms with Crippen molar-refractivity contribution < 1.29 is 9.84 Å². The molecule has 17 heavy (non-hydrogen) atoms. The third-order valence-electron chi connectivity index (χ3n) is 2.72. The van der Waals surface area contributed by atoms with Crippen LogP contribution in [-0.4, -0.2) is 53.0 Å². The Morgan fingerprint density at radius 2 is 2.24 bits per heavy atom. The van der Waals surface area contributed by atoms with Gasteiger partial charge < -0.3 is 14.4 Å². The first-order valence-corrected chi connectivity index (χ1v) is 6.02. The SMILES string of the molecule is COCCN(CCO)Cc1cncn1C(C)C. The first-order valence-electron chi connectivity index (χ1n) is 6.02. The van der Waals surface area contributed by atoms with E-state index < -0.39 is 0 Å². The lowest BCUT2D eigenvalue weighted by atomic mass is 10.3. The van der Waals surface area contributed by atoms with Crippen molar-refractivity contribution in [2.24, 2.45) is 0 Å². The van der Waals surface area contributed by atoms with Crippen LogP contribution in [0.4, 0.5) is 0 Å². The van der Waals surface area contributed by atoms with E-state index in [-0.39, 0.29) is 6.61 Å². The van der Waals surface area contributed by atoms with E-state index in [4.69, 9.17) is 9.84 Å². The van der Waals surface area contributed by atoms with Crippen LogP contribution in [0.5, 0.6) is 0 Å². The average Bonchev–Trinajstić information content (AvgIpc) is 2.74. The number of hydrogen-bond donors (Lipinski definition) is 1. The molecule has 0 unspecified atom stereocenters. The van der Waals surface area contributed by atoms with Gasteiger partial charge in [-0.3, -0.25) is 4.90 Å². The molecule has 98 valence electrons. The molecular weight excluding hydrogens is 218 g/mol. The number of methoxy groups -OCH3 is 1. The van der Waals surface area contributed by atoms with Crippen LogP contribution >= 0.6 is 0 Å². The minimum absolute atomic E-state index is 0.166.